The summed E-state index contributed by atoms with van der Waals surface area (Å²) in [4.78, 5) is 16.5. The van der Waals surface area contributed by atoms with Crippen molar-refractivity contribution in [1.29, 1.82) is 0 Å². The van der Waals surface area contributed by atoms with Gasteiger partial charge in [-0.3, -0.25) is 4.98 Å². The highest BCUT2D eigenvalue weighted by atomic mass is 16.3. The number of piperidine rings is 4. The predicted molar refractivity (Wildman–Crippen MR) is 528 cm³/mol. The molecule has 4 saturated heterocycles. The molecule has 0 atom stereocenters. The Kier molecular flexibility index (Phi) is 31.9. The number of hydrogen-bond acceptors (Lipinski definition) is 11. The Morgan fingerprint density at radius 1 is 0.258 bits per heavy atom. The Balaban J connectivity index is 0.000000132. The number of nitrogens with two attached hydrogens (primary N) is 1. The molecule has 11 heteroatoms. The topological polar surface area (TPSA) is 136 Å². The molecule has 128 heavy (non-hydrogen) atoms. The van der Waals surface area contributed by atoms with Crippen LogP contribution in [0.5, 0.6) is 0 Å². The number of benzene rings is 13. The number of hydrogen-bond donors (Lipinski definition) is 5. The van der Waals surface area contributed by atoms with Crippen LogP contribution >= 0.6 is 0 Å². The lowest BCUT2D eigenvalue weighted by Gasteiger charge is -2.42. The van der Waals surface area contributed by atoms with E-state index < -0.39 is 22.4 Å². The number of rotatable bonds is 27. The highest BCUT2D eigenvalue weighted by Gasteiger charge is 2.46. The fourth-order valence-corrected chi connectivity index (χ4v) is 20.1. The van der Waals surface area contributed by atoms with Gasteiger partial charge in [0.15, 0.2) is 0 Å². The van der Waals surface area contributed by atoms with E-state index in [1.165, 1.54) is 44.6 Å². The van der Waals surface area contributed by atoms with E-state index in [4.69, 9.17) is 5.73 Å². The van der Waals surface area contributed by atoms with Crippen LogP contribution in [-0.4, -0.2) is 138 Å². The number of pyridine rings is 1. The van der Waals surface area contributed by atoms with Crippen molar-refractivity contribution in [2.75, 3.05) is 103 Å². The molecule has 11 nitrogen and oxygen atoms in total. The SMILES string of the molecule is CN(C)c1ccc(CCN2CCC(C(O)(c3ccccc3)c3ccccc3)CC2)cc1.Nc1ccc(CCN2CCC(C(O)(c3ccccc3)c3ccccc3)CC2)cc1.OC(c1ccccc1)(c1ccccc1)C1CCN(CCc2ccc(-c3ccccc3)cc2)CC1.OC(c1ccccc1)(c1ccccc1)C1CCN(CCc2ccc(-c3cccnc3)cc2)CC1. The van der Waals surface area contributed by atoms with Crippen molar-refractivity contribution >= 4 is 11.4 Å². The minimum absolute atomic E-state index is 0.201. The third-order valence-electron chi connectivity index (χ3n) is 27.7. The summed E-state index contributed by atoms with van der Waals surface area (Å²) < 4.78 is 0. The van der Waals surface area contributed by atoms with Crippen LogP contribution < -0.4 is 10.6 Å². The summed E-state index contributed by atoms with van der Waals surface area (Å²) in [5, 5.41) is 48.1. The second-order valence-corrected chi connectivity index (χ2v) is 35.8. The Bertz CT molecular complexity index is 5160. The van der Waals surface area contributed by atoms with E-state index in [2.05, 4.69) is 262 Å². The number of anilines is 2. The number of aliphatic hydroxyl groups is 4. The summed E-state index contributed by atoms with van der Waals surface area (Å²) in [6.45, 7) is 12.4. The summed E-state index contributed by atoms with van der Waals surface area (Å²) in [5.41, 5.74) is 22.4. The molecule has 656 valence electrons. The summed E-state index contributed by atoms with van der Waals surface area (Å²) in [5.74, 6) is 0.832. The van der Waals surface area contributed by atoms with Crippen molar-refractivity contribution in [3.05, 3.63) is 461 Å². The van der Waals surface area contributed by atoms with Gasteiger partial charge < -0.3 is 50.7 Å². The fraction of sp³-hybridized carbons (Fsp3) is 0.291. The van der Waals surface area contributed by atoms with Gasteiger partial charge in [-0.1, -0.05) is 352 Å². The molecule has 5 heterocycles. The number of likely N-dealkylation sites (tertiary alicyclic amines) is 4. The molecule has 1 aromatic heterocycles. The lowest BCUT2D eigenvalue weighted by atomic mass is 9.72. The summed E-state index contributed by atoms with van der Waals surface area (Å²) in [7, 11) is 4.15. The molecule has 13 aromatic carbocycles. The van der Waals surface area contributed by atoms with E-state index in [1.807, 2.05) is 176 Å². The zero-order valence-electron chi connectivity index (χ0n) is 74.9. The summed E-state index contributed by atoms with van der Waals surface area (Å²) in [6.07, 6.45) is 15.9. The molecule has 14 aromatic rings. The van der Waals surface area contributed by atoms with Crippen molar-refractivity contribution in [2.24, 2.45) is 23.7 Å². The second kappa shape index (κ2) is 44.8. The lowest BCUT2D eigenvalue weighted by Crippen LogP contribution is -2.44. The zero-order valence-corrected chi connectivity index (χ0v) is 74.9. The van der Waals surface area contributed by atoms with Crippen LogP contribution in [0.15, 0.2) is 395 Å². The first kappa shape index (κ1) is 91.1. The highest BCUT2D eigenvalue weighted by Crippen LogP contribution is 2.47. The zero-order chi connectivity index (χ0) is 88.2. The van der Waals surface area contributed by atoms with Crippen LogP contribution in [-0.2, 0) is 48.1 Å². The van der Waals surface area contributed by atoms with Gasteiger partial charge in [0.2, 0.25) is 0 Å². The first-order chi connectivity index (χ1) is 62.7. The molecule has 0 radical (unpaired) electrons. The smallest absolute Gasteiger partial charge is 0.117 e. The van der Waals surface area contributed by atoms with Crippen molar-refractivity contribution in [1.82, 2.24) is 24.6 Å². The quantitative estimate of drug-likeness (QED) is 0.0315. The van der Waals surface area contributed by atoms with Crippen LogP contribution in [0.2, 0.25) is 0 Å². The average Bonchev–Trinajstić information content (AvgIpc) is 0.781. The lowest BCUT2D eigenvalue weighted by molar-refractivity contribution is -0.0141. The van der Waals surface area contributed by atoms with Gasteiger partial charge >= 0.3 is 0 Å². The van der Waals surface area contributed by atoms with Crippen molar-refractivity contribution in [3.8, 4) is 22.3 Å². The molecular formula is C117H129N7O4. The van der Waals surface area contributed by atoms with Crippen molar-refractivity contribution < 1.29 is 20.4 Å². The maximum atomic E-state index is 12.1. The molecule has 18 rings (SSSR count). The van der Waals surface area contributed by atoms with E-state index in [0.717, 1.165) is 211 Å². The van der Waals surface area contributed by atoms with Crippen LogP contribution in [0, 0.1) is 23.7 Å². The summed E-state index contributed by atoms with van der Waals surface area (Å²) in [6, 6.07) is 131. The Morgan fingerprint density at radius 2 is 0.461 bits per heavy atom. The Morgan fingerprint density at radius 3 is 0.688 bits per heavy atom. The van der Waals surface area contributed by atoms with Crippen molar-refractivity contribution in [2.45, 2.75) is 99.5 Å². The Labute approximate surface area is 761 Å². The molecule has 0 unspecified atom stereocenters. The second-order valence-electron chi connectivity index (χ2n) is 35.8. The first-order valence-electron chi connectivity index (χ1n) is 46.7. The van der Waals surface area contributed by atoms with Crippen molar-refractivity contribution in [3.63, 3.8) is 0 Å². The minimum atomic E-state index is -0.948. The minimum Gasteiger partial charge on any atom is -0.399 e. The van der Waals surface area contributed by atoms with Gasteiger partial charge in [0.25, 0.3) is 0 Å². The van der Waals surface area contributed by atoms with Gasteiger partial charge in [-0.2, -0.15) is 0 Å². The maximum Gasteiger partial charge on any atom is 0.117 e. The molecular weight excluding hydrogens is 1570 g/mol. The normalized spacial score (nSPS) is 15.6. The third kappa shape index (κ3) is 23.0. The van der Waals surface area contributed by atoms with Crippen LogP contribution in [0.3, 0.4) is 0 Å². The molecule has 0 bridgehead atoms. The van der Waals surface area contributed by atoms with Crippen LogP contribution in [0.4, 0.5) is 11.4 Å². The van der Waals surface area contributed by atoms with Gasteiger partial charge in [0.1, 0.15) is 22.4 Å². The third-order valence-corrected chi connectivity index (χ3v) is 27.7. The molecule has 0 aliphatic carbocycles. The van der Waals surface area contributed by atoms with Gasteiger partial charge in [-0.15, -0.1) is 0 Å². The van der Waals surface area contributed by atoms with E-state index in [9.17, 15) is 20.4 Å². The molecule has 0 spiro atoms. The van der Waals surface area contributed by atoms with Gasteiger partial charge in [-0.05, 0) is 272 Å². The van der Waals surface area contributed by atoms with E-state index in [-0.39, 0.29) is 23.7 Å². The van der Waals surface area contributed by atoms with Gasteiger partial charge in [-0.25, -0.2) is 0 Å². The van der Waals surface area contributed by atoms with E-state index in [1.54, 1.807) is 0 Å². The molecule has 4 fully saturated rings. The van der Waals surface area contributed by atoms with Crippen LogP contribution in [0.1, 0.15) is 118 Å². The van der Waals surface area contributed by atoms with Crippen LogP contribution in [0.25, 0.3) is 22.3 Å². The molecule has 6 N–H and O–H groups in total. The largest absolute Gasteiger partial charge is 0.399 e. The Hall–Kier alpha value is -11.7. The molecule has 4 aliphatic heterocycles. The van der Waals surface area contributed by atoms with E-state index in [0.29, 0.717) is 0 Å². The number of nitrogen functional groups attached to an aromatic ring is 1. The molecule has 4 aliphatic rings. The number of nitrogens with zero attached hydrogens (tertiary/aromatic N) is 6. The average molecular weight is 1700 g/mol. The predicted octanol–water partition coefficient (Wildman–Crippen LogP) is 21.9. The standard InChI is InChI=1S/C32H33NO.C31H32N2O.C28H34N2O.C26H30N2O/c34-32(29-12-6-2-7-13-29,30-14-8-3-9-15-30)31-21-24-33(25-22-31)23-20-26-16-18-28(19-17-26)27-10-4-1-5-11-27;34-31(28-9-3-1-4-10-28,29-11-5-2-6-12-29)30-18-22-33(23-19-30)21-17-25-13-15-26(16-14-25)27-8-7-20-32-24-27;1-29(2)27-15-13-23(14-16-27)17-20-30-21-18-26(19-22-30)28(31,24-9-5-3-6-10-24)25-11-7-4-8-12-25;27-25-13-11-21(12-14-25)15-18-28-19-16-24(17-20-28)26(29,22-7-3-1-4-8-22)23-9-5-2-6-10-23/h1-19,31,34H,20-25H2;1-16,20,24,30,34H,17-19,21-23H2;3-16,26,31H,17-22H2,1-2H3;1-14,24,29H,15-20,27H2. The molecule has 0 saturated carbocycles. The molecule has 0 amide bonds. The first-order valence-corrected chi connectivity index (χ1v) is 46.7. The van der Waals surface area contributed by atoms with Gasteiger partial charge in [0.05, 0.1) is 0 Å². The number of aromatic nitrogens is 1. The summed E-state index contributed by atoms with van der Waals surface area (Å²) >= 11 is 0. The fourth-order valence-electron chi connectivity index (χ4n) is 20.1. The maximum absolute atomic E-state index is 12.1. The van der Waals surface area contributed by atoms with Gasteiger partial charge in [0, 0.05) is 64.0 Å². The van der Waals surface area contributed by atoms with E-state index >= 15 is 0 Å². The monoisotopic (exact) mass is 1700 g/mol. The highest BCUT2D eigenvalue weighted by molar-refractivity contribution is 5.64.